The first kappa shape index (κ1) is 16.8. The molecule has 2 N–H and O–H groups in total. The standard InChI is InChI=1S/C17H10Cl2N6S/c18-11-2-1-3-12(19)10(11)7-25-8-22-15(21)14-17(25)24-16(23-14)13-5-4-9(6-20)26-13/h1-5,8,21H,7H2,(H,23,24). The van der Waals surface area contributed by atoms with Crippen molar-refractivity contribution in [2.45, 2.75) is 6.54 Å². The zero-order valence-electron chi connectivity index (χ0n) is 13.1. The number of rotatable bonds is 3. The van der Waals surface area contributed by atoms with Crippen LogP contribution in [0.25, 0.3) is 21.9 Å². The molecule has 0 fully saturated rings. The van der Waals surface area contributed by atoms with Crippen molar-refractivity contribution >= 4 is 45.7 Å². The zero-order valence-corrected chi connectivity index (χ0v) is 15.5. The minimum atomic E-state index is 0.0947. The largest absolute Gasteiger partial charge is 0.333 e. The predicted octanol–water partition coefficient (Wildman–Crippen LogP) is 4.19. The third-order valence-corrected chi connectivity index (χ3v) is 5.56. The number of benzene rings is 1. The van der Waals surface area contributed by atoms with Crippen molar-refractivity contribution in [3.8, 4) is 16.8 Å². The summed E-state index contributed by atoms with van der Waals surface area (Å²) < 4.78 is 1.79. The summed E-state index contributed by atoms with van der Waals surface area (Å²) in [5.41, 5.74) is 1.94. The average Bonchev–Trinajstić information content (AvgIpc) is 3.27. The minimum absolute atomic E-state index is 0.0947. The fourth-order valence-corrected chi connectivity index (χ4v) is 3.86. The lowest BCUT2D eigenvalue weighted by atomic mass is 10.2. The van der Waals surface area contributed by atoms with Crippen LogP contribution in [-0.4, -0.2) is 19.5 Å². The lowest BCUT2D eigenvalue weighted by Crippen LogP contribution is -2.13. The molecule has 26 heavy (non-hydrogen) atoms. The van der Waals surface area contributed by atoms with E-state index in [1.165, 1.54) is 11.3 Å². The molecule has 6 nitrogen and oxygen atoms in total. The molecule has 128 valence electrons. The summed E-state index contributed by atoms with van der Waals surface area (Å²) >= 11 is 13.9. The number of hydrogen-bond acceptors (Lipinski definition) is 5. The number of H-pyrrole nitrogens is 1. The lowest BCUT2D eigenvalue weighted by molar-refractivity contribution is 0.784. The van der Waals surface area contributed by atoms with Crippen LogP contribution in [0.1, 0.15) is 10.4 Å². The van der Waals surface area contributed by atoms with E-state index in [1.54, 1.807) is 35.2 Å². The summed E-state index contributed by atoms with van der Waals surface area (Å²) in [6.45, 7) is 0.375. The van der Waals surface area contributed by atoms with Crippen molar-refractivity contribution in [2.75, 3.05) is 0 Å². The fraction of sp³-hybridized carbons (Fsp3) is 0.0588. The molecule has 0 amide bonds. The highest BCUT2D eigenvalue weighted by atomic mass is 35.5. The minimum Gasteiger partial charge on any atom is -0.333 e. The number of aromatic nitrogens is 4. The monoisotopic (exact) mass is 400 g/mol. The third kappa shape index (κ3) is 2.88. The van der Waals surface area contributed by atoms with Gasteiger partial charge in [0.2, 0.25) is 0 Å². The Morgan fingerprint density at radius 1 is 1.23 bits per heavy atom. The Bertz CT molecular complexity index is 1210. The first-order valence-corrected chi connectivity index (χ1v) is 9.07. The van der Waals surface area contributed by atoms with Crippen LogP contribution in [0.15, 0.2) is 36.7 Å². The molecule has 1 aromatic carbocycles. The molecule has 4 rings (SSSR count). The van der Waals surface area contributed by atoms with Crippen LogP contribution >= 0.6 is 34.5 Å². The number of halogens is 2. The molecule has 0 atom stereocenters. The molecule has 0 saturated carbocycles. The SMILES string of the molecule is N#Cc1ccc(-c2nc3c([nH]2)c(=N)ncn3Cc2c(Cl)cccc2Cl)s1. The number of fused-ring (bicyclic) bond motifs is 1. The fourth-order valence-electron chi connectivity index (χ4n) is 2.60. The van der Waals surface area contributed by atoms with E-state index in [-0.39, 0.29) is 5.49 Å². The van der Waals surface area contributed by atoms with Gasteiger partial charge in [-0.25, -0.2) is 9.97 Å². The molecular formula is C17H10Cl2N6S. The Labute approximate surface area is 161 Å². The topological polar surface area (TPSA) is 94.1 Å². The molecular weight excluding hydrogens is 391 g/mol. The highest BCUT2D eigenvalue weighted by Gasteiger charge is 2.14. The van der Waals surface area contributed by atoms with Gasteiger partial charge in [0, 0.05) is 15.6 Å². The van der Waals surface area contributed by atoms with E-state index < -0.39 is 0 Å². The Hall–Kier alpha value is -2.66. The van der Waals surface area contributed by atoms with Gasteiger partial charge in [0.25, 0.3) is 0 Å². The Morgan fingerprint density at radius 2 is 2.00 bits per heavy atom. The maximum atomic E-state index is 9.00. The van der Waals surface area contributed by atoms with Gasteiger partial charge in [0.1, 0.15) is 16.5 Å². The highest BCUT2D eigenvalue weighted by molar-refractivity contribution is 7.15. The van der Waals surface area contributed by atoms with E-state index >= 15 is 0 Å². The maximum Gasteiger partial charge on any atom is 0.173 e. The molecule has 0 spiro atoms. The quantitative estimate of drug-likeness (QED) is 0.539. The van der Waals surface area contributed by atoms with Crippen molar-refractivity contribution < 1.29 is 0 Å². The van der Waals surface area contributed by atoms with E-state index in [4.69, 9.17) is 33.9 Å². The molecule has 4 aromatic rings. The zero-order chi connectivity index (χ0) is 18.3. The number of nitrogens with zero attached hydrogens (tertiary/aromatic N) is 4. The molecule has 9 heteroatoms. The van der Waals surface area contributed by atoms with Crippen LogP contribution in [-0.2, 0) is 6.54 Å². The van der Waals surface area contributed by atoms with Gasteiger partial charge < -0.3 is 9.55 Å². The second kappa shape index (κ2) is 6.57. The maximum absolute atomic E-state index is 9.00. The molecule has 3 aromatic heterocycles. The predicted molar refractivity (Wildman–Crippen MR) is 101 cm³/mol. The molecule has 0 aliphatic carbocycles. The Kier molecular flexibility index (Phi) is 4.24. The average molecular weight is 401 g/mol. The van der Waals surface area contributed by atoms with Crippen molar-refractivity contribution in [1.82, 2.24) is 19.5 Å². The highest BCUT2D eigenvalue weighted by Crippen LogP contribution is 2.28. The van der Waals surface area contributed by atoms with Gasteiger partial charge in [-0.3, -0.25) is 5.41 Å². The Morgan fingerprint density at radius 3 is 2.69 bits per heavy atom. The summed E-state index contributed by atoms with van der Waals surface area (Å²) in [7, 11) is 0. The van der Waals surface area contributed by atoms with E-state index in [0.29, 0.717) is 38.5 Å². The van der Waals surface area contributed by atoms with E-state index in [9.17, 15) is 0 Å². The van der Waals surface area contributed by atoms with Gasteiger partial charge in [0.05, 0.1) is 17.7 Å². The Balaban J connectivity index is 1.85. The van der Waals surface area contributed by atoms with E-state index in [2.05, 4.69) is 21.0 Å². The van der Waals surface area contributed by atoms with Crippen molar-refractivity contribution in [3.63, 3.8) is 0 Å². The van der Waals surface area contributed by atoms with Gasteiger partial charge in [-0.2, -0.15) is 5.26 Å². The third-order valence-electron chi connectivity index (χ3n) is 3.86. The van der Waals surface area contributed by atoms with Gasteiger partial charge in [-0.15, -0.1) is 11.3 Å². The van der Waals surface area contributed by atoms with Gasteiger partial charge in [-0.1, -0.05) is 29.3 Å². The van der Waals surface area contributed by atoms with Crippen LogP contribution in [0.2, 0.25) is 10.0 Å². The summed E-state index contributed by atoms with van der Waals surface area (Å²) in [4.78, 5) is 13.3. The first-order chi connectivity index (χ1) is 12.6. The van der Waals surface area contributed by atoms with Gasteiger partial charge in [-0.05, 0) is 24.3 Å². The molecule has 0 aliphatic heterocycles. The molecule has 3 heterocycles. The lowest BCUT2D eigenvalue weighted by Gasteiger charge is -2.10. The summed E-state index contributed by atoms with van der Waals surface area (Å²) in [5, 5.41) is 18.2. The smallest absolute Gasteiger partial charge is 0.173 e. The molecule has 0 unspecified atom stereocenters. The van der Waals surface area contributed by atoms with E-state index in [0.717, 1.165) is 10.4 Å². The molecule has 0 bridgehead atoms. The number of hydrogen-bond donors (Lipinski definition) is 2. The summed E-state index contributed by atoms with van der Waals surface area (Å²) in [6.07, 6.45) is 1.55. The number of nitrogens with one attached hydrogen (secondary N) is 2. The van der Waals surface area contributed by atoms with Crippen LogP contribution in [0.5, 0.6) is 0 Å². The number of imidazole rings is 1. The normalized spacial score (nSPS) is 11.0. The second-order valence-corrected chi connectivity index (χ2v) is 7.38. The molecule has 0 aliphatic rings. The van der Waals surface area contributed by atoms with Crippen molar-refractivity contribution in [1.29, 1.82) is 10.7 Å². The molecule has 0 saturated heterocycles. The number of nitriles is 1. The van der Waals surface area contributed by atoms with Crippen molar-refractivity contribution in [3.05, 3.63) is 62.6 Å². The molecule has 0 radical (unpaired) electrons. The van der Waals surface area contributed by atoms with Crippen LogP contribution in [0.3, 0.4) is 0 Å². The summed E-state index contributed by atoms with van der Waals surface area (Å²) in [5.74, 6) is 0.590. The summed E-state index contributed by atoms with van der Waals surface area (Å²) in [6, 6.07) is 11.0. The second-order valence-electron chi connectivity index (χ2n) is 5.48. The van der Waals surface area contributed by atoms with Crippen LogP contribution in [0, 0.1) is 16.7 Å². The van der Waals surface area contributed by atoms with Crippen LogP contribution < -0.4 is 5.49 Å². The van der Waals surface area contributed by atoms with Crippen LogP contribution in [0.4, 0.5) is 0 Å². The first-order valence-electron chi connectivity index (χ1n) is 7.50. The van der Waals surface area contributed by atoms with Gasteiger partial charge >= 0.3 is 0 Å². The number of aromatic amines is 1. The van der Waals surface area contributed by atoms with Crippen molar-refractivity contribution in [2.24, 2.45) is 0 Å². The number of thiophene rings is 1. The van der Waals surface area contributed by atoms with Gasteiger partial charge in [0.15, 0.2) is 17.0 Å². The van der Waals surface area contributed by atoms with E-state index in [1.807, 2.05) is 6.07 Å².